The van der Waals surface area contributed by atoms with Crippen LogP contribution in [0.25, 0.3) is 0 Å². The average molecular weight is 249 g/mol. The van der Waals surface area contributed by atoms with Crippen molar-refractivity contribution in [3.05, 3.63) is 0 Å². The van der Waals surface area contributed by atoms with Crippen LogP contribution in [-0.4, -0.2) is 38.1 Å². The van der Waals surface area contributed by atoms with Gasteiger partial charge in [-0.2, -0.15) is 0 Å². The number of ether oxygens (including phenoxy) is 2. The Bertz CT molecular complexity index is 206. The van der Waals surface area contributed by atoms with Crippen molar-refractivity contribution in [1.29, 1.82) is 0 Å². The second kappa shape index (κ2) is 11.0. The molecule has 1 atom stereocenters. The van der Waals surface area contributed by atoms with Gasteiger partial charge in [-0.15, -0.1) is 0 Å². The van der Waals surface area contributed by atoms with Crippen molar-refractivity contribution in [1.82, 2.24) is 0 Å². The summed E-state index contributed by atoms with van der Waals surface area (Å²) < 4.78 is 21.6. The standard InChI is InChI=1S/C11H22O4P/c1-3-6-14-8-10-16(13)9-5-11(12)15-7-4-2/h3-10H2,1-2H3/q+1. The summed E-state index contributed by atoms with van der Waals surface area (Å²) in [4.78, 5) is 11.1. The summed E-state index contributed by atoms with van der Waals surface area (Å²) in [6.45, 7) is 5.66. The Balaban J connectivity index is 3.38. The van der Waals surface area contributed by atoms with Crippen LogP contribution in [0.5, 0.6) is 0 Å². The first-order chi connectivity index (χ1) is 7.70. The molecular formula is C11H22O4P+. The molecule has 0 rings (SSSR count). The average Bonchev–Trinajstić information content (AvgIpc) is 2.29. The van der Waals surface area contributed by atoms with Crippen LogP contribution >= 0.6 is 7.80 Å². The van der Waals surface area contributed by atoms with Gasteiger partial charge in [0, 0.05) is 6.61 Å². The first-order valence-electron chi connectivity index (χ1n) is 5.86. The quantitative estimate of drug-likeness (QED) is 0.339. The fourth-order valence-corrected chi connectivity index (χ4v) is 2.02. The largest absolute Gasteiger partial charge is 0.466 e. The third-order valence-corrected chi connectivity index (χ3v) is 3.27. The van der Waals surface area contributed by atoms with Gasteiger partial charge in [0.15, 0.2) is 12.3 Å². The van der Waals surface area contributed by atoms with Gasteiger partial charge in [0.2, 0.25) is 0 Å². The highest BCUT2D eigenvalue weighted by molar-refractivity contribution is 7.44. The molecular weight excluding hydrogens is 227 g/mol. The van der Waals surface area contributed by atoms with Crippen LogP contribution in [0.3, 0.4) is 0 Å². The lowest BCUT2D eigenvalue weighted by atomic mass is 10.5. The van der Waals surface area contributed by atoms with Crippen molar-refractivity contribution in [2.45, 2.75) is 33.1 Å². The van der Waals surface area contributed by atoms with Gasteiger partial charge in [-0.1, -0.05) is 18.4 Å². The molecule has 0 aliphatic carbocycles. The minimum absolute atomic E-state index is 0.250. The summed E-state index contributed by atoms with van der Waals surface area (Å²) in [7, 11) is -1.32. The molecule has 0 aromatic carbocycles. The number of hydrogen-bond donors (Lipinski definition) is 0. The van der Waals surface area contributed by atoms with E-state index >= 15 is 0 Å². The molecule has 0 saturated carbocycles. The molecule has 0 spiro atoms. The Morgan fingerprint density at radius 3 is 2.38 bits per heavy atom. The third-order valence-electron chi connectivity index (χ3n) is 1.87. The number of carbonyl (C=O) groups excluding carboxylic acids is 1. The van der Waals surface area contributed by atoms with Gasteiger partial charge in [0.05, 0.1) is 19.6 Å². The van der Waals surface area contributed by atoms with Crippen LogP contribution in [-0.2, 0) is 18.8 Å². The SMILES string of the molecule is CCCOCC[P+](=O)CCC(=O)OCCC. The number of rotatable bonds is 10. The van der Waals surface area contributed by atoms with E-state index in [-0.39, 0.29) is 12.4 Å². The van der Waals surface area contributed by atoms with Crippen molar-refractivity contribution >= 4 is 13.8 Å². The minimum atomic E-state index is -1.32. The highest BCUT2D eigenvalue weighted by atomic mass is 31.1. The van der Waals surface area contributed by atoms with Crippen molar-refractivity contribution in [3.63, 3.8) is 0 Å². The van der Waals surface area contributed by atoms with Crippen molar-refractivity contribution in [2.24, 2.45) is 0 Å². The molecule has 5 heteroatoms. The molecule has 0 amide bonds. The summed E-state index contributed by atoms with van der Waals surface area (Å²) in [5.41, 5.74) is 0. The Kier molecular flexibility index (Phi) is 10.7. The molecule has 0 saturated heterocycles. The van der Waals surface area contributed by atoms with Gasteiger partial charge in [-0.05, 0) is 12.8 Å². The van der Waals surface area contributed by atoms with E-state index in [1.54, 1.807) is 0 Å². The van der Waals surface area contributed by atoms with Crippen molar-refractivity contribution in [2.75, 3.05) is 32.1 Å². The number of esters is 1. The first-order valence-corrected chi connectivity index (χ1v) is 7.49. The maximum absolute atomic E-state index is 11.4. The molecule has 0 aliphatic heterocycles. The van der Waals surface area contributed by atoms with E-state index in [0.29, 0.717) is 32.1 Å². The monoisotopic (exact) mass is 249 g/mol. The van der Waals surface area contributed by atoms with Gasteiger partial charge in [-0.3, -0.25) is 4.79 Å². The summed E-state index contributed by atoms with van der Waals surface area (Å²) >= 11 is 0. The minimum Gasteiger partial charge on any atom is -0.466 e. The maximum atomic E-state index is 11.4. The molecule has 0 fully saturated rings. The smallest absolute Gasteiger partial charge is 0.341 e. The van der Waals surface area contributed by atoms with Gasteiger partial charge in [0.1, 0.15) is 0 Å². The highest BCUT2D eigenvalue weighted by Gasteiger charge is 2.17. The molecule has 1 unspecified atom stereocenters. The normalized spacial score (nSPS) is 11.2. The zero-order valence-electron chi connectivity index (χ0n) is 10.2. The van der Waals surface area contributed by atoms with Crippen LogP contribution in [0.1, 0.15) is 33.1 Å². The summed E-state index contributed by atoms with van der Waals surface area (Å²) in [5.74, 6) is -0.250. The van der Waals surface area contributed by atoms with Crippen LogP contribution in [0.15, 0.2) is 0 Å². The Labute approximate surface area is 98.5 Å². The fraction of sp³-hybridized carbons (Fsp3) is 0.909. The van der Waals surface area contributed by atoms with E-state index < -0.39 is 7.80 Å². The van der Waals surface area contributed by atoms with E-state index in [2.05, 4.69) is 0 Å². The Morgan fingerprint density at radius 1 is 1.06 bits per heavy atom. The third kappa shape index (κ3) is 10.1. The van der Waals surface area contributed by atoms with Crippen LogP contribution < -0.4 is 0 Å². The maximum Gasteiger partial charge on any atom is 0.341 e. The number of carbonyl (C=O) groups is 1. The van der Waals surface area contributed by atoms with Gasteiger partial charge in [-0.25, -0.2) is 0 Å². The number of hydrogen-bond acceptors (Lipinski definition) is 4. The van der Waals surface area contributed by atoms with Crippen LogP contribution in [0, 0.1) is 0 Å². The van der Waals surface area contributed by atoms with Gasteiger partial charge < -0.3 is 9.47 Å². The molecule has 0 aliphatic rings. The molecule has 16 heavy (non-hydrogen) atoms. The van der Waals surface area contributed by atoms with E-state index in [1.165, 1.54) is 0 Å². The van der Waals surface area contributed by atoms with Crippen molar-refractivity contribution in [3.8, 4) is 0 Å². The topological polar surface area (TPSA) is 52.6 Å². The fourth-order valence-electron chi connectivity index (χ4n) is 1.03. The Hall–Kier alpha value is -0.470. The molecule has 0 N–H and O–H groups in total. The zero-order valence-corrected chi connectivity index (χ0v) is 11.1. The lowest BCUT2D eigenvalue weighted by Gasteiger charge is -1.99. The second-order valence-corrected chi connectivity index (χ2v) is 5.37. The summed E-state index contributed by atoms with van der Waals surface area (Å²) in [6, 6.07) is 0. The summed E-state index contributed by atoms with van der Waals surface area (Å²) in [5, 5.41) is 0. The molecule has 0 aromatic rings. The molecule has 4 nitrogen and oxygen atoms in total. The van der Waals surface area contributed by atoms with E-state index in [4.69, 9.17) is 9.47 Å². The predicted octanol–water partition coefficient (Wildman–Crippen LogP) is 2.58. The van der Waals surface area contributed by atoms with Crippen LogP contribution in [0.4, 0.5) is 0 Å². The van der Waals surface area contributed by atoms with Gasteiger partial charge >= 0.3 is 13.8 Å². The first kappa shape index (κ1) is 15.5. The molecule has 0 heterocycles. The molecule has 0 radical (unpaired) electrons. The summed E-state index contributed by atoms with van der Waals surface area (Å²) in [6.07, 6.45) is 3.00. The lowest BCUT2D eigenvalue weighted by Crippen LogP contribution is -2.07. The van der Waals surface area contributed by atoms with Crippen LogP contribution in [0.2, 0.25) is 0 Å². The lowest BCUT2D eigenvalue weighted by molar-refractivity contribution is -0.143. The van der Waals surface area contributed by atoms with E-state index in [1.807, 2.05) is 13.8 Å². The van der Waals surface area contributed by atoms with Gasteiger partial charge in [0.25, 0.3) is 0 Å². The van der Waals surface area contributed by atoms with Crippen molar-refractivity contribution < 1.29 is 18.8 Å². The second-order valence-electron chi connectivity index (χ2n) is 3.51. The Morgan fingerprint density at radius 2 is 1.75 bits per heavy atom. The molecule has 0 bridgehead atoms. The van der Waals surface area contributed by atoms with E-state index in [0.717, 1.165) is 12.8 Å². The predicted molar refractivity (Wildman–Crippen MR) is 64.3 cm³/mol. The molecule has 0 aromatic heterocycles. The van der Waals surface area contributed by atoms with E-state index in [9.17, 15) is 9.36 Å². The molecule has 94 valence electrons. The highest BCUT2D eigenvalue weighted by Crippen LogP contribution is 2.20. The zero-order chi connectivity index (χ0) is 12.2.